The molecule has 0 aliphatic heterocycles. The molecule has 0 bridgehead atoms. The minimum Gasteiger partial charge on any atom is -0.461 e. The first-order chi connectivity index (χ1) is 11.7. The number of benzene rings is 1. The second-order valence-electron chi connectivity index (χ2n) is 4.71. The zero-order chi connectivity index (χ0) is 16.9. The fraction of sp³-hybridized carbons (Fsp3) is 0.125. The Morgan fingerprint density at radius 1 is 1.33 bits per heavy atom. The lowest BCUT2D eigenvalue weighted by atomic mass is 10.2. The molecule has 0 aliphatic carbocycles. The van der Waals surface area contributed by atoms with E-state index in [0.29, 0.717) is 15.8 Å². The molecule has 122 valence electrons. The Balaban J connectivity index is 2.01. The van der Waals surface area contributed by atoms with E-state index in [1.807, 2.05) is 17.5 Å². The number of thiophene rings is 1. The van der Waals surface area contributed by atoms with E-state index in [1.54, 1.807) is 31.2 Å². The van der Waals surface area contributed by atoms with E-state index in [9.17, 15) is 9.59 Å². The third-order valence-electron chi connectivity index (χ3n) is 3.13. The molecule has 3 aromatic rings. The number of aromatic amines is 1. The van der Waals surface area contributed by atoms with Gasteiger partial charge in [-0.1, -0.05) is 18.2 Å². The summed E-state index contributed by atoms with van der Waals surface area (Å²) in [6, 6.07) is 10.8. The Morgan fingerprint density at radius 2 is 2.17 bits per heavy atom. The van der Waals surface area contributed by atoms with Crippen LogP contribution < -0.4 is 11.1 Å². The van der Waals surface area contributed by atoms with Gasteiger partial charge in [-0.15, -0.1) is 11.3 Å². The van der Waals surface area contributed by atoms with Crippen molar-refractivity contribution in [3.63, 3.8) is 0 Å². The molecule has 24 heavy (non-hydrogen) atoms. The molecule has 0 spiro atoms. The number of carbonyl (C=O) groups excluding carboxylic acids is 1. The van der Waals surface area contributed by atoms with Crippen molar-refractivity contribution in [2.24, 2.45) is 5.10 Å². The molecule has 0 atom stereocenters. The predicted octanol–water partition coefficient (Wildman–Crippen LogP) is 2.36. The van der Waals surface area contributed by atoms with Crippen LogP contribution in [0.4, 0.5) is 5.82 Å². The molecule has 2 aromatic heterocycles. The smallest absolute Gasteiger partial charge is 0.360 e. The summed E-state index contributed by atoms with van der Waals surface area (Å²) in [4.78, 5) is 31.0. The first-order valence-electron chi connectivity index (χ1n) is 7.23. The van der Waals surface area contributed by atoms with E-state index in [0.717, 1.165) is 0 Å². The van der Waals surface area contributed by atoms with Gasteiger partial charge in [0.25, 0.3) is 0 Å². The summed E-state index contributed by atoms with van der Waals surface area (Å²) < 4.78 is 5.04. The molecule has 1 aromatic carbocycles. The summed E-state index contributed by atoms with van der Waals surface area (Å²) in [6.07, 6.45) is 0. The number of nitrogens with one attached hydrogen (secondary N) is 2. The number of hydrogen-bond donors (Lipinski definition) is 2. The van der Waals surface area contributed by atoms with E-state index < -0.39 is 11.7 Å². The summed E-state index contributed by atoms with van der Waals surface area (Å²) in [6.45, 7) is 1.97. The van der Waals surface area contributed by atoms with E-state index in [2.05, 4.69) is 20.5 Å². The quantitative estimate of drug-likeness (QED) is 0.421. The van der Waals surface area contributed by atoms with Gasteiger partial charge >= 0.3 is 11.7 Å². The molecule has 3 rings (SSSR count). The molecular weight excluding hydrogens is 328 g/mol. The van der Waals surface area contributed by atoms with Crippen LogP contribution in [0.5, 0.6) is 0 Å². The second kappa shape index (κ2) is 7.05. The van der Waals surface area contributed by atoms with E-state index in [4.69, 9.17) is 4.74 Å². The maximum atomic E-state index is 12.1. The maximum absolute atomic E-state index is 12.1. The van der Waals surface area contributed by atoms with Crippen molar-refractivity contribution in [3.05, 3.63) is 57.1 Å². The number of aromatic nitrogens is 2. The van der Waals surface area contributed by atoms with E-state index >= 15 is 0 Å². The Bertz CT molecular complexity index is 947. The second-order valence-corrected chi connectivity index (χ2v) is 5.65. The molecule has 8 heteroatoms. The van der Waals surface area contributed by atoms with Gasteiger partial charge in [0.15, 0.2) is 11.5 Å². The highest BCUT2D eigenvalue weighted by atomic mass is 32.1. The lowest BCUT2D eigenvalue weighted by molar-refractivity contribution is -0.134. The monoisotopic (exact) mass is 342 g/mol. The molecule has 0 unspecified atom stereocenters. The number of hydrazone groups is 1. The number of ether oxygens (including phenoxy) is 1. The molecule has 0 radical (unpaired) electrons. The zero-order valence-electron chi connectivity index (χ0n) is 12.8. The molecule has 2 heterocycles. The molecule has 7 nitrogen and oxygen atoms in total. The third kappa shape index (κ3) is 3.33. The van der Waals surface area contributed by atoms with Gasteiger partial charge in [0.2, 0.25) is 0 Å². The topological polar surface area (TPSA) is 96.4 Å². The minimum absolute atomic E-state index is 0.137. The first-order valence-corrected chi connectivity index (χ1v) is 8.10. The number of carbonyl (C=O) groups is 1. The van der Waals surface area contributed by atoms with Crippen molar-refractivity contribution >= 4 is 39.7 Å². The fourth-order valence-electron chi connectivity index (χ4n) is 2.11. The maximum Gasteiger partial charge on any atom is 0.360 e. The highest BCUT2D eigenvalue weighted by Crippen LogP contribution is 2.18. The molecule has 0 aliphatic rings. The van der Waals surface area contributed by atoms with Crippen molar-refractivity contribution < 1.29 is 9.53 Å². The van der Waals surface area contributed by atoms with Crippen molar-refractivity contribution in [2.75, 3.05) is 12.0 Å². The minimum atomic E-state index is -0.540. The molecule has 0 saturated heterocycles. The zero-order valence-corrected chi connectivity index (χ0v) is 13.6. The number of fused-ring (bicyclic) bond motifs is 1. The van der Waals surface area contributed by atoms with Gasteiger partial charge in [-0.25, -0.2) is 9.59 Å². The SMILES string of the molecule is CCOC(=O)C(=NNc1nc(=O)[nH]c2ccccc12)c1cccs1. The molecule has 0 saturated carbocycles. The molecule has 0 fully saturated rings. The molecule has 0 amide bonds. The lowest BCUT2D eigenvalue weighted by Crippen LogP contribution is -2.20. The normalized spacial score (nSPS) is 11.5. The standard InChI is InChI=1S/C16H14N4O3S/c1-2-23-15(21)13(12-8-5-9-24-12)19-20-14-10-6-3-4-7-11(10)17-16(22)18-14/h3-9H,2H2,1H3,(H2,17,18,20,22). The van der Waals surface area contributed by atoms with Crippen LogP contribution in [-0.2, 0) is 9.53 Å². The van der Waals surface area contributed by atoms with Crippen LogP contribution in [0, 0.1) is 0 Å². The summed E-state index contributed by atoms with van der Waals surface area (Å²) in [5.41, 5.74) is 2.98. The van der Waals surface area contributed by atoms with Crippen molar-refractivity contribution in [3.8, 4) is 0 Å². The van der Waals surface area contributed by atoms with Crippen molar-refractivity contribution in [1.82, 2.24) is 9.97 Å². The molecular formula is C16H14N4O3S. The Morgan fingerprint density at radius 3 is 2.92 bits per heavy atom. The van der Waals surface area contributed by atoms with Gasteiger partial charge in [-0.05, 0) is 30.5 Å². The number of hydrogen-bond acceptors (Lipinski definition) is 7. The number of esters is 1. The average Bonchev–Trinajstić information content (AvgIpc) is 3.09. The van der Waals surface area contributed by atoms with Crippen LogP contribution in [-0.4, -0.2) is 28.3 Å². The molecule has 2 N–H and O–H groups in total. The van der Waals surface area contributed by atoms with Crippen molar-refractivity contribution in [2.45, 2.75) is 6.92 Å². The van der Waals surface area contributed by atoms with E-state index in [1.165, 1.54) is 11.3 Å². The van der Waals surface area contributed by atoms with Gasteiger partial charge in [0, 0.05) is 5.39 Å². The highest BCUT2D eigenvalue weighted by Gasteiger charge is 2.17. The van der Waals surface area contributed by atoms with Crippen molar-refractivity contribution in [1.29, 1.82) is 0 Å². The number of anilines is 1. The Kier molecular flexibility index (Phi) is 4.66. The fourth-order valence-corrected chi connectivity index (χ4v) is 2.81. The van der Waals surface area contributed by atoms with Crippen LogP contribution in [0.25, 0.3) is 10.9 Å². The van der Waals surface area contributed by atoms with Crippen LogP contribution in [0.1, 0.15) is 11.8 Å². The van der Waals surface area contributed by atoms with Gasteiger partial charge < -0.3 is 9.72 Å². The van der Waals surface area contributed by atoms with Gasteiger partial charge in [-0.3, -0.25) is 5.43 Å². The van der Waals surface area contributed by atoms with E-state index in [-0.39, 0.29) is 18.1 Å². The first kappa shape index (κ1) is 15.9. The summed E-state index contributed by atoms with van der Waals surface area (Å²) in [7, 11) is 0. The highest BCUT2D eigenvalue weighted by molar-refractivity contribution is 7.13. The summed E-state index contributed by atoms with van der Waals surface area (Å²) >= 11 is 1.37. The van der Waals surface area contributed by atoms with Gasteiger partial charge in [0.1, 0.15) is 0 Å². The van der Waals surface area contributed by atoms with Gasteiger partial charge in [-0.2, -0.15) is 10.1 Å². The predicted molar refractivity (Wildman–Crippen MR) is 93.5 cm³/mol. The van der Waals surface area contributed by atoms with Crippen LogP contribution in [0.2, 0.25) is 0 Å². The summed E-state index contributed by atoms with van der Waals surface area (Å²) in [5.74, 6) is -0.269. The summed E-state index contributed by atoms with van der Waals surface area (Å²) in [5, 5.41) is 6.66. The third-order valence-corrected chi connectivity index (χ3v) is 4.01. The number of H-pyrrole nitrogens is 1. The largest absolute Gasteiger partial charge is 0.461 e. The lowest BCUT2D eigenvalue weighted by Gasteiger charge is -2.07. The average molecular weight is 342 g/mol. The van der Waals surface area contributed by atoms with Crippen LogP contribution in [0.3, 0.4) is 0 Å². The van der Waals surface area contributed by atoms with Crippen LogP contribution in [0.15, 0.2) is 51.7 Å². The number of para-hydroxylation sites is 1. The number of nitrogens with zero attached hydrogens (tertiary/aromatic N) is 2. The Hall–Kier alpha value is -3.00. The van der Waals surface area contributed by atoms with Crippen LogP contribution >= 0.6 is 11.3 Å². The number of rotatable bonds is 5. The Labute approximate surface area is 141 Å². The van der Waals surface area contributed by atoms with Gasteiger partial charge in [0.05, 0.1) is 17.0 Å².